The number of allylic oxidation sites excluding steroid dienone is 1. The number of piperidine rings is 1. The molecule has 0 saturated carbocycles. The maximum Gasteiger partial charge on any atom is 0.317 e. The zero-order valence-corrected chi connectivity index (χ0v) is 15.3. The number of anilines is 1. The minimum absolute atomic E-state index is 0.0418. The lowest BCUT2D eigenvalue weighted by molar-refractivity contribution is -0.121. The minimum atomic E-state index is -0.163. The maximum absolute atomic E-state index is 12.4. The molecule has 1 aromatic heterocycles. The van der Waals surface area contributed by atoms with Crippen molar-refractivity contribution in [2.45, 2.75) is 44.9 Å². The summed E-state index contributed by atoms with van der Waals surface area (Å²) >= 11 is 1.41. The van der Waals surface area contributed by atoms with Crippen LogP contribution in [-0.4, -0.2) is 41.5 Å². The Balaban J connectivity index is 1.43. The molecule has 3 amide bonds. The second kappa shape index (κ2) is 8.99. The average Bonchev–Trinajstić information content (AvgIpc) is 3.15. The Labute approximate surface area is 152 Å². The molecule has 0 radical (unpaired) electrons. The molecular formula is C18H26N4O2S. The summed E-state index contributed by atoms with van der Waals surface area (Å²) in [6.45, 7) is 1.87. The van der Waals surface area contributed by atoms with Gasteiger partial charge in [0.2, 0.25) is 5.91 Å². The van der Waals surface area contributed by atoms with E-state index in [0.717, 1.165) is 25.8 Å². The zero-order chi connectivity index (χ0) is 17.5. The van der Waals surface area contributed by atoms with Crippen LogP contribution in [0.3, 0.4) is 0 Å². The van der Waals surface area contributed by atoms with Crippen molar-refractivity contribution in [1.29, 1.82) is 0 Å². The van der Waals surface area contributed by atoms with E-state index < -0.39 is 0 Å². The Morgan fingerprint density at radius 2 is 2.24 bits per heavy atom. The van der Waals surface area contributed by atoms with Crippen LogP contribution < -0.4 is 10.6 Å². The van der Waals surface area contributed by atoms with Crippen molar-refractivity contribution < 1.29 is 9.59 Å². The summed E-state index contributed by atoms with van der Waals surface area (Å²) in [4.78, 5) is 30.6. The van der Waals surface area contributed by atoms with Gasteiger partial charge in [0.15, 0.2) is 5.13 Å². The normalized spacial score (nSPS) is 20.7. The predicted octanol–water partition coefficient (Wildman–Crippen LogP) is 3.39. The van der Waals surface area contributed by atoms with E-state index in [-0.39, 0.29) is 17.9 Å². The predicted molar refractivity (Wildman–Crippen MR) is 99.6 cm³/mol. The van der Waals surface area contributed by atoms with Crippen LogP contribution in [0, 0.1) is 5.92 Å². The van der Waals surface area contributed by atoms with E-state index in [2.05, 4.69) is 21.7 Å². The van der Waals surface area contributed by atoms with Crippen LogP contribution in [0.4, 0.5) is 9.93 Å². The number of hydrogen-bond acceptors (Lipinski definition) is 4. The summed E-state index contributed by atoms with van der Waals surface area (Å²) in [6.07, 6.45) is 11.5. The summed E-state index contributed by atoms with van der Waals surface area (Å²) in [5.41, 5.74) is 1.46. The molecule has 0 aromatic carbocycles. The Morgan fingerprint density at radius 3 is 3.00 bits per heavy atom. The van der Waals surface area contributed by atoms with E-state index in [4.69, 9.17) is 0 Å². The smallest absolute Gasteiger partial charge is 0.317 e. The van der Waals surface area contributed by atoms with Gasteiger partial charge in [-0.2, -0.15) is 0 Å². The van der Waals surface area contributed by atoms with Gasteiger partial charge in [-0.05, 0) is 44.9 Å². The zero-order valence-electron chi connectivity index (χ0n) is 14.5. The first-order valence-electron chi connectivity index (χ1n) is 9.13. The molecule has 136 valence electrons. The molecule has 2 aliphatic rings. The molecule has 25 heavy (non-hydrogen) atoms. The molecule has 1 atom stereocenters. The monoisotopic (exact) mass is 362 g/mol. The lowest BCUT2D eigenvalue weighted by Gasteiger charge is -2.32. The van der Waals surface area contributed by atoms with Crippen molar-refractivity contribution in [2.75, 3.05) is 25.0 Å². The number of aromatic nitrogens is 1. The van der Waals surface area contributed by atoms with Crippen LogP contribution in [0.15, 0.2) is 23.2 Å². The number of nitrogens with one attached hydrogen (secondary N) is 2. The van der Waals surface area contributed by atoms with E-state index in [1.165, 1.54) is 42.6 Å². The molecule has 1 aliphatic carbocycles. The topological polar surface area (TPSA) is 74.3 Å². The molecule has 1 aliphatic heterocycles. The molecule has 2 N–H and O–H groups in total. The molecule has 0 spiro atoms. The van der Waals surface area contributed by atoms with Gasteiger partial charge in [0.05, 0.1) is 5.92 Å². The average molecular weight is 362 g/mol. The standard InChI is InChI=1S/C18H26N4O2S/c23-16(21-17-19-10-12-25-17)15-7-4-11-22(13-15)18(24)20-9-8-14-5-2-1-3-6-14/h5,10,12,15H,1-4,6-9,11,13H2,(H,20,24)(H,19,21,23)/t15-/m0/s1. The Morgan fingerprint density at radius 1 is 1.32 bits per heavy atom. The minimum Gasteiger partial charge on any atom is -0.338 e. The molecule has 0 bridgehead atoms. The molecule has 2 heterocycles. The third kappa shape index (κ3) is 5.29. The van der Waals surface area contributed by atoms with Crippen molar-refractivity contribution in [3.8, 4) is 0 Å². The second-order valence-corrected chi connectivity index (χ2v) is 7.60. The van der Waals surface area contributed by atoms with Gasteiger partial charge >= 0.3 is 6.03 Å². The summed E-state index contributed by atoms with van der Waals surface area (Å²) < 4.78 is 0. The van der Waals surface area contributed by atoms with Crippen LogP contribution in [0.2, 0.25) is 0 Å². The first-order valence-corrected chi connectivity index (χ1v) is 10.0. The molecule has 6 nitrogen and oxygen atoms in total. The van der Waals surface area contributed by atoms with Crippen LogP contribution in [0.5, 0.6) is 0 Å². The van der Waals surface area contributed by atoms with Crippen LogP contribution in [0.25, 0.3) is 0 Å². The van der Waals surface area contributed by atoms with Crippen molar-refractivity contribution >= 4 is 28.4 Å². The van der Waals surface area contributed by atoms with E-state index in [1.54, 1.807) is 11.1 Å². The van der Waals surface area contributed by atoms with Gasteiger partial charge in [-0.1, -0.05) is 11.6 Å². The second-order valence-electron chi connectivity index (χ2n) is 6.70. The number of carbonyl (C=O) groups is 2. The SMILES string of the molecule is O=C(Nc1nccs1)[C@H]1CCCN(C(=O)NCCC2=CCCCC2)C1. The number of urea groups is 1. The van der Waals surface area contributed by atoms with Gasteiger partial charge in [0, 0.05) is 31.2 Å². The summed E-state index contributed by atoms with van der Waals surface area (Å²) in [6, 6.07) is -0.0526. The fourth-order valence-electron chi connectivity index (χ4n) is 3.44. The highest BCUT2D eigenvalue weighted by atomic mass is 32.1. The van der Waals surface area contributed by atoms with E-state index in [1.807, 2.05) is 5.38 Å². The third-order valence-electron chi connectivity index (χ3n) is 4.85. The van der Waals surface area contributed by atoms with E-state index >= 15 is 0 Å². The number of amides is 3. The van der Waals surface area contributed by atoms with Crippen LogP contribution in [-0.2, 0) is 4.79 Å². The van der Waals surface area contributed by atoms with Gasteiger partial charge in [-0.25, -0.2) is 9.78 Å². The fraction of sp³-hybridized carbons (Fsp3) is 0.611. The van der Waals surface area contributed by atoms with Gasteiger partial charge in [0.25, 0.3) is 0 Å². The first kappa shape index (κ1) is 17.9. The van der Waals surface area contributed by atoms with Crippen LogP contribution >= 0.6 is 11.3 Å². The lowest BCUT2D eigenvalue weighted by Crippen LogP contribution is -2.48. The number of rotatable bonds is 5. The Hall–Kier alpha value is -1.89. The summed E-state index contributed by atoms with van der Waals surface area (Å²) in [7, 11) is 0. The van der Waals surface area contributed by atoms with Crippen molar-refractivity contribution in [1.82, 2.24) is 15.2 Å². The molecule has 1 aromatic rings. The number of thiazole rings is 1. The van der Waals surface area contributed by atoms with Crippen molar-refractivity contribution in [3.05, 3.63) is 23.2 Å². The Kier molecular flexibility index (Phi) is 6.44. The molecule has 1 saturated heterocycles. The molecule has 7 heteroatoms. The highest BCUT2D eigenvalue weighted by molar-refractivity contribution is 7.13. The first-order chi connectivity index (χ1) is 12.2. The number of nitrogens with zero attached hydrogens (tertiary/aromatic N) is 2. The van der Waals surface area contributed by atoms with Gasteiger partial charge in [-0.3, -0.25) is 4.79 Å². The highest BCUT2D eigenvalue weighted by Gasteiger charge is 2.28. The number of carbonyl (C=O) groups excluding carboxylic acids is 2. The van der Waals surface area contributed by atoms with E-state index in [0.29, 0.717) is 18.2 Å². The van der Waals surface area contributed by atoms with Crippen molar-refractivity contribution in [3.63, 3.8) is 0 Å². The van der Waals surface area contributed by atoms with Gasteiger partial charge < -0.3 is 15.5 Å². The summed E-state index contributed by atoms with van der Waals surface area (Å²) in [5, 5.41) is 8.30. The Bertz CT molecular complexity index is 615. The van der Waals surface area contributed by atoms with Gasteiger partial charge in [0.1, 0.15) is 0 Å². The van der Waals surface area contributed by atoms with Crippen LogP contribution in [0.1, 0.15) is 44.9 Å². The quantitative estimate of drug-likeness (QED) is 0.789. The third-order valence-corrected chi connectivity index (χ3v) is 5.54. The van der Waals surface area contributed by atoms with Gasteiger partial charge in [-0.15, -0.1) is 11.3 Å². The molecule has 3 rings (SSSR count). The lowest BCUT2D eigenvalue weighted by atomic mass is 9.97. The maximum atomic E-state index is 12.4. The fourth-order valence-corrected chi connectivity index (χ4v) is 3.97. The number of hydrogen-bond donors (Lipinski definition) is 2. The highest BCUT2D eigenvalue weighted by Crippen LogP contribution is 2.21. The van der Waals surface area contributed by atoms with E-state index in [9.17, 15) is 9.59 Å². The molecular weight excluding hydrogens is 336 g/mol. The van der Waals surface area contributed by atoms with Crippen molar-refractivity contribution in [2.24, 2.45) is 5.92 Å². The molecule has 1 fully saturated rings. The molecule has 0 unspecified atom stereocenters. The number of likely N-dealkylation sites (tertiary alicyclic amines) is 1. The largest absolute Gasteiger partial charge is 0.338 e. The summed E-state index contributed by atoms with van der Waals surface area (Å²) in [5.74, 6) is -0.204.